The van der Waals surface area contributed by atoms with Gasteiger partial charge in [0.25, 0.3) is 5.91 Å². The quantitative estimate of drug-likeness (QED) is 0.937. The first-order valence-electron chi connectivity index (χ1n) is 7.19. The Morgan fingerprint density at radius 3 is 2.52 bits per heavy atom. The largest absolute Gasteiger partial charge is 0.381 e. The van der Waals surface area contributed by atoms with Gasteiger partial charge in [0.1, 0.15) is 0 Å². The van der Waals surface area contributed by atoms with Crippen LogP contribution in [0.25, 0.3) is 11.1 Å². The van der Waals surface area contributed by atoms with Crippen LogP contribution in [0.2, 0.25) is 0 Å². The number of benzene rings is 1. The van der Waals surface area contributed by atoms with E-state index < -0.39 is 0 Å². The zero-order valence-corrected chi connectivity index (χ0v) is 11.8. The molecule has 1 N–H and O–H groups in total. The molecule has 1 unspecified atom stereocenters. The van der Waals surface area contributed by atoms with E-state index in [-0.39, 0.29) is 5.91 Å². The van der Waals surface area contributed by atoms with Crippen molar-refractivity contribution in [2.75, 3.05) is 19.8 Å². The summed E-state index contributed by atoms with van der Waals surface area (Å²) in [6, 6.07) is 11.5. The van der Waals surface area contributed by atoms with E-state index in [0.29, 0.717) is 18.0 Å². The monoisotopic (exact) mass is 282 g/mol. The lowest BCUT2D eigenvalue weighted by molar-refractivity contribution is 0.0945. The third kappa shape index (κ3) is 3.47. The van der Waals surface area contributed by atoms with Gasteiger partial charge in [0, 0.05) is 37.0 Å². The van der Waals surface area contributed by atoms with Crippen LogP contribution < -0.4 is 5.32 Å². The number of ether oxygens (including phenoxy) is 1. The Morgan fingerprint density at radius 1 is 1.14 bits per heavy atom. The second kappa shape index (κ2) is 6.50. The van der Waals surface area contributed by atoms with Crippen molar-refractivity contribution in [1.82, 2.24) is 10.3 Å². The molecule has 3 rings (SSSR count). The van der Waals surface area contributed by atoms with Gasteiger partial charge in [-0.2, -0.15) is 0 Å². The summed E-state index contributed by atoms with van der Waals surface area (Å²) in [5.41, 5.74) is 2.87. The van der Waals surface area contributed by atoms with E-state index in [1.54, 1.807) is 12.4 Å². The van der Waals surface area contributed by atoms with Crippen molar-refractivity contribution >= 4 is 5.91 Å². The number of rotatable bonds is 4. The van der Waals surface area contributed by atoms with Gasteiger partial charge in [-0.25, -0.2) is 0 Å². The first kappa shape index (κ1) is 13.8. The average Bonchev–Trinajstić information content (AvgIpc) is 3.07. The molecule has 21 heavy (non-hydrogen) atoms. The van der Waals surface area contributed by atoms with Crippen molar-refractivity contribution < 1.29 is 9.53 Å². The maximum Gasteiger partial charge on any atom is 0.251 e. The van der Waals surface area contributed by atoms with E-state index in [9.17, 15) is 4.79 Å². The van der Waals surface area contributed by atoms with Crippen LogP contribution >= 0.6 is 0 Å². The first-order valence-corrected chi connectivity index (χ1v) is 7.19. The molecular formula is C17H18N2O2. The number of hydrogen-bond acceptors (Lipinski definition) is 3. The highest BCUT2D eigenvalue weighted by atomic mass is 16.5. The van der Waals surface area contributed by atoms with Crippen LogP contribution in [0.1, 0.15) is 16.8 Å². The number of nitrogens with zero attached hydrogens (tertiary/aromatic N) is 1. The molecule has 1 atom stereocenters. The van der Waals surface area contributed by atoms with E-state index in [1.165, 1.54) is 0 Å². The summed E-state index contributed by atoms with van der Waals surface area (Å²) < 4.78 is 5.30. The molecule has 1 amide bonds. The molecule has 4 heteroatoms. The van der Waals surface area contributed by atoms with Crippen molar-refractivity contribution in [2.24, 2.45) is 5.92 Å². The van der Waals surface area contributed by atoms with E-state index in [2.05, 4.69) is 10.3 Å². The molecule has 1 saturated heterocycles. The van der Waals surface area contributed by atoms with Crippen molar-refractivity contribution in [2.45, 2.75) is 6.42 Å². The molecule has 108 valence electrons. The molecule has 1 aliphatic heterocycles. The van der Waals surface area contributed by atoms with Crippen molar-refractivity contribution in [3.8, 4) is 11.1 Å². The highest BCUT2D eigenvalue weighted by Gasteiger charge is 2.16. The van der Waals surface area contributed by atoms with Crippen molar-refractivity contribution in [3.63, 3.8) is 0 Å². The van der Waals surface area contributed by atoms with Crippen LogP contribution in [0.4, 0.5) is 0 Å². The molecule has 0 aliphatic carbocycles. The Morgan fingerprint density at radius 2 is 1.86 bits per heavy atom. The summed E-state index contributed by atoms with van der Waals surface area (Å²) in [5, 5.41) is 2.97. The Balaban J connectivity index is 1.62. The molecule has 2 heterocycles. The lowest BCUT2D eigenvalue weighted by atomic mass is 10.0. The van der Waals surface area contributed by atoms with E-state index in [0.717, 1.165) is 30.8 Å². The number of aromatic nitrogens is 1. The van der Waals surface area contributed by atoms with Gasteiger partial charge in [0.05, 0.1) is 6.61 Å². The van der Waals surface area contributed by atoms with Crippen LogP contribution in [0, 0.1) is 5.92 Å². The lowest BCUT2D eigenvalue weighted by Gasteiger charge is -2.10. The molecule has 0 bridgehead atoms. The highest BCUT2D eigenvalue weighted by molar-refractivity contribution is 5.94. The van der Waals surface area contributed by atoms with E-state index in [4.69, 9.17) is 4.74 Å². The third-order valence-electron chi connectivity index (χ3n) is 3.74. The van der Waals surface area contributed by atoms with Crippen LogP contribution in [-0.2, 0) is 4.74 Å². The smallest absolute Gasteiger partial charge is 0.251 e. The van der Waals surface area contributed by atoms with Gasteiger partial charge < -0.3 is 10.1 Å². The minimum absolute atomic E-state index is 0.0248. The number of carbonyl (C=O) groups excluding carboxylic acids is 1. The second-order valence-electron chi connectivity index (χ2n) is 5.25. The Labute approximate surface area is 124 Å². The fraction of sp³-hybridized carbons (Fsp3) is 0.294. The minimum atomic E-state index is -0.0248. The summed E-state index contributed by atoms with van der Waals surface area (Å²) in [7, 11) is 0. The van der Waals surface area contributed by atoms with E-state index >= 15 is 0 Å². The summed E-state index contributed by atoms with van der Waals surface area (Å²) >= 11 is 0. The number of amides is 1. The Kier molecular flexibility index (Phi) is 4.26. The summed E-state index contributed by atoms with van der Waals surface area (Å²) in [6.07, 6.45) is 4.56. The average molecular weight is 282 g/mol. The maximum atomic E-state index is 12.1. The Hall–Kier alpha value is -2.20. The molecule has 4 nitrogen and oxygen atoms in total. The van der Waals surface area contributed by atoms with Crippen LogP contribution in [0.15, 0.2) is 48.8 Å². The zero-order valence-electron chi connectivity index (χ0n) is 11.8. The molecule has 0 spiro atoms. The van der Waals surface area contributed by atoms with E-state index in [1.807, 2.05) is 36.4 Å². The Bertz CT molecular complexity index is 590. The maximum absolute atomic E-state index is 12.1. The summed E-state index contributed by atoms with van der Waals surface area (Å²) in [5.74, 6) is 0.424. The normalized spacial score (nSPS) is 17.6. The fourth-order valence-corrected chi connectivity index (χ4v) is 2.44. The van der Waals surface area contributed by atoms with Gasteiger partial charge in [-0.3, -0.25) is 9.78 Å². The predicted molar refractivity (Wildman–Crippen MR) is 80.9 cm³/mol. The minimum Gasteiger partial charge on any atom is -0.381 e. The zero-order chi connectivity index (χ0) is 14.5. The summed E-state index contributed by atoms with van der Waals surface area (Å²) in [6.45, 7) is 2.24. The van der Waals surface area contributed by atoms with Gasteiger partial charge in [-0.05, 0) is 41.8 Å². The lowest BCUT2D eigenvalue weighted by Crippen LogP contribution is -2.29. The topological polar surface area (TPSA) is 51.2 Å². The summed E-state index contributed by atoms with van der Waals surface area (Å²) in [4.78, 5) is 16.1. The van der Waals surface area contributed by atoms with Gasteiger partial charge in [0.15, 0.2) is 0 Å². The highest BCUT2D eigenvalue weighted by Crippen LogP contribution is 2.18. The number of pyridine rings is 1. The molecule has 1 fully saturated rings. The molecule has 0 radical (unpaired) electrons. The number of nitrogens with one attached hydrogen (secondary N) is 1. The van der Waals surface area contributed by atoms with Gasteiger partial charge in [-0.1, -0.05) is 12.1 Å². The van der Waals surface area contributed by atoms with Crippen LogP contribution in [0.5, 0.6) is 0 Å². The molecule has 1 aliphatic rings. The second-order valence-corrected chi connectivity index (χ2v) is 5.25. The molecule has 1 aromatic carbocycles. The fourth-order valence-electron chi connectivity index (χ4n) is 2.44. The molecule has 2 aromatic rings. The van der Waals surface area contributed by atoms with Crippen LogP contribution in [0.3, 0.4) is 0 Å². The first-order chi connectivity index (χ1) is 10.3. The molecule has 1 aromatic heterocycles. The van der Waals surface area contributed by atoms with Gasteiger partial charge >= 0.3 is 0 Å². The van der Waals surface area contributed by atoms with Gasteiger partial charge in [-0.15, -0.1) is 0 Å². The van der Waals surface area contributed by atoms with Crippen molar-refractivity contribution in [1.29, 1.82) is 0 Å². The molecular weight excluding hydrogens is 264 g/mol. The number of hydrogen-bond donors (Lipinski definition) is 1. The van der Waals surface area contributed by atoms with Crippen LogP contribution in [-0.4, -0.2) is 30.6 Å². The number of carbonyl (C=O) groups is 1. The molecule has 0 saturated carbocycles. The third-order valence-corrected chi connectivity index (χ3v) is 3.74. The predicted octanol–water partition coefficient (Wildman–Crippen LogP) is 2.51. The van der Waals surface area contributed by atoms with Crippen molar-refractivity contribution in [3.05, 3.63) is 54.4 Å². The van der Waals surface area contributed by atoms with Gasteiger partial charge in [0.2, 0.25) is 0 Å². The standard InChI is InChI=1S/C17H18N2O2/c20-17(19-11-13-7-10-21-12-13)16-3-1-14(2-4-16)15-5-8-18-9-6-15/h1-6,8-9,13H,7,10-12H2,(H,19,20). The SMILES string of the molecule is O=C(NCC1CCOC1)c1ccc(-c2ccncc2)cc1.